The molecule has 0 amide bonds. The highest BCUT2D eigenvalue weighted by Crippen LogP contribution is 2.36. The standard InChI is InChI=1S/C18H28N2O/c1-15-3-5-16(6-4-15)17-13-18(14-17)19-7-2-8-20-9-11-21-12-10-20/h3-6,17-19H,2,7-14H2,1H3. The van der Waals surface area contributed by atoms with Gasteiger partial charge in [-0.2, -0.15) is 0 Å². The lowest BCUT2D eigenvalue weighted by atomic mass is 9.76. The molecule has 1 aliphatic heterocycles. The van der Waals surface area contributed by atoms with Crippen molar-refractivity contribution in [3.8, 4) is 0 Å². The largest absolute Gasteiger partial charge is 0.379 e. The van der Waals surface area contributed by atoms with Crippen molar-refractivity contribution in [3.05, 3.63) is 35.4 Å². The van der Waals surface area contributed by atoms with Gasteiger partial charge in [0.2, 0.25) is 0 Å². The van der Waals surface area contributed by atoms with Crippen LogP contribution in [0.2, 0.25) is 0 Å². The highest BCUT2D eigenvalue weighted by molar-refractivity contribution is 5.26. The molecule has 1 saturated heterocycles. The summed E-state index contributed by atoms with van der Waals surface area (Å²) in [6, 6.07) is 9.81. The van der Waals surface area contributed by atoms with E-state index in [1.807, 2.05) is 0 Å². The van der Waals surface area contributed by atoms with E-state index in [4.69, 9.17) is 4.74 Å². The molecule has 0 bridgehead atoms. The molecule has 3 rings (SSSR count). The lowest BCUT2D eigenvalue weighted by Gasteiger charge is -2.36. The van der Waals surface area contributed by atoms with E-state index in [1.165, 1.54) is 36.9 Å². The quantitative estimate of drug-likeness (QED) is 0.814. The first-order valence-corrected chi connectivity index (χ1v) is 8.41. The molecule has 1 heterocycles. The third-order valence-electron chi connectivity index (χ3n) is 4.87. The van der Waals surface area contributed by atoms with Crippen LogP contribution in [-0.2, 0) is 4.74 Å². The van der Waals surface area contributed by atoms with Gasteiger partial charge in [0, 0.05) is 19.1 Å². The Morgan fingerprint density at radius 3 is 2.57 bits per heavy atom. The summed E-state index contributed by atoms with van der Waals surface area (Å²) < 4.78 is 5.37. The SMILES string of the molecule is Cc1ccc(C2CC(NCCCN3CCOCC3)C2)cc1. The summed E-state index contributed by atoms with van der Waals surface area (Å²) in [6.45, 7) is 8.57. The van der Waals surface area contributed by atoms with Crippen molar-refractivity contribution in [3.63, 3.8) is 0 Å². The summed E-state index contributed by atoms with van der Waals surface area (Å²) in [5.41, 5.74) is 2.88. The van der Waals surface area contributed by atoms with E-state index < -0.39 is 0 Å². The van der Waals surface area contributed by atoms with Crippen LogP contribution in [0.1, 0.15) is 36.3 Å². The molecule has 116 valence electrons. The molecular weight excluding hydrogens is 260 g/mol. The Bertz CT molecular complexity index is 419. The zero-order chi connectivity index (χ0) is 14.5. The number of benzene rings is 1. The molecular formula is C18H28N2O. The van der Waals surface area contributed by atoms with Crippen molar-refractivity contribution in [2.45, 2.75) is 38.1 Å². The van der Waals surface area contributed by atoms with Crippen molar-refractivity contribution in [2.75, 3.05) is 39.4 Å². The van der Waals surface area contributed by atoms with Crippen molar-refractivity contribution in [2.24, 2.45) is 0 Å². The number of aryl methyl sites for hydroxylation is 1. The topological polar surface area (TPSA) is 24.5 Å². The Morgan fingerprint density at radius 1 is 1.14 bits per heavy atom. The minimum Gasteiger partial charge on any atom is -0.379 e. The first kappa shape index (κ1) is 15.0. The summed E-state index contributed by atoms with van der Waals surface area (Å²) in [7, 11) is 0. The summed E-state index contributed by atoms with van der Waals surface area (Å²) in [6.07, 6.45) is 3.87. The summed E-state index contributed by atoms with van der Waals surface area (Å²) >= 11 is 0. The van der Waals surface area contributed by atoms with Crippen LogP contribution in [0.15, 0.2) is 24.3 Å². The predicted molar refractivity (Wildman–Crippen MR) is 86.8 cm³/mol. The molecule has 0 unspecified atom stereocenters. The highest BCUT2D eigenvalue weighted by Gasteiger charge is 2.29. The number of hydrogen-bond donors (Lipinski definition) is 1. The van der Waals surface area contributed by atoms with E-state index in [9.17, 15) is 0 Å². The zero-order valence-electron chi connectivity index (χ0n) is 13.2. The predicted octanol–water partition coefficient (Wildman–Crippen LogP) is 2.55. The minimum absolute atomic E-state index is 0.737. The highest BCUT2D eigenvalue weighted by atomic mass is 16.5. The first-order chi connectivity index (χ1) is 10.3. The molecule has 2 fully saturated rings. The van der Waals surface area contributed by atoms with Gasteiger partial charge in [-0.1, -0.05) is 29.8 Å². The van der Waals surface area contributed by atoms with Gasteiger partial charge in [-0.3, -0.25) is 4.90 Å². The number of hydrogen-bond acceptors (Lipinski definition) is 3. The van der Waals surface area contributed by atoms with Gasteiger partial charge in [0.15, 0.2) is 0 Å². The Hall–Kier alpha value is -0.900. The zero-order valence-corrected chi connectivity index (χ0v) is 13.2. The molecule has 3 heteroatoms. The smallest absolute Gasteiger partial charge is 0.0594 e. The number of nitrogens with zero attached hydrogens (tertiary/aromatic N) is 1. The van der Waals surface area contributed by atoms with Gasteiger partial charge in [-0.05, 0) is 50.8 Å². The Balaban J connectivity index is 1.28. The summed E-state index contributed by atoms with van der Waals surface area (Å²) in [5, 5.41) is 3.71. The fraction of sp³-hybridized carbons (Fsp3) is 0.667. The fourth-order valence-corrected chi connectivity index (χ4v) is 3.33. The number of ether oxygens (including phenoxy) is 1. The third kappa shape index (κ3) is 4.29. The van der Waals surface area contributed by atoms with E-state index in [1.54, 1.807) is 0 Å². The second-order valence-corrected chi connectivity index (χ2v) is 6.54. The van der Waals surface area contributed by atoms with Crippen LogP contribution in [0.4, 0.5) is 0 Å². The van der Waals surface area contributed by atoms with Crippen molar-refractivity contribution in [1.29, 1.82) is 0 Å². The van der Waals surface area contributed by atoms with Gasteiger partial charge in [0.05, 0.1) is 13.2 Å². The normalized spacial score (nSPS) is 26.5. The van der Waals surface area contributed by atoms with Crippen LogP contribution in [0.3, 0.4) is 0 Å². The van der Waals surface area contributed by atoms with Crippen LogP contribution < -0.4 is 5.32 Å². The lowest BCUT2D eigenvalue weighted by Crippen LogP contribution is -2.42. The second kappa shape index (κ2) is 7.39. The fourth-order valence-electron chi connectivity index (χ4n) is 3.33. The van der Waals surface area contributed by atoms with E-state index in [-0.39, 0.29) is 0 Å². The van der Waals surface area contributed by atoms with Crippen molar-refractivity contribution < 1.29 is 4.74 Å². The van der Waals surface area contributed by atoms with E-state index >= 15 is 0 Å². The average Bonchev–Trinajstić information content (AvgIpc) is 2.48. The Labute approximate surface area is 128 Å². The van der Waals surface area contributed by atoms with Crippen molar-refractivity contribution in [1.82, 2.24) is 10.2 Å². The molecule has 21 heavy (non-hydrogen) atoms. The molecule has 2 aliphatic rings. The van der Waals surface area contributed by atoms with E-state index in [0.717, 1.165) is 44.8 Å². The maximum Gasteiger partial charge on any atom is 0.0594 e. The maximum atomic E-state index is 5.37. The van der Waals surface area contributed by atoms with Gasteiger partial charge >= 0.3 is 0 Å². The number of nitrogens with one attached hydrogen (secondary N) is 1. The molecule has 0 atom stereocenters. The van der Waals surface area contributed by atoms with Crippen LogP contribution >= 0.6 is 0 Å². The molecule has 1 aromatic rings. The Kier molecular flexibility index (Phi) is 5.28. The maximum absolute atomic E-state index is 5.37. The monoisotopic (exact) mass is 288 g/mol. The number of rotatable bonds is 6. The third-order valence-corrected chi connectivity index (χ3v) is 4.87. The molecule has 0 radical (unpaired) electrons. The van der Waals surface area contributed by atoms with Crippen LogP contribution in [0.25, 0.3) is 0 Å². The lowest BCUT2D eigenvalue weighted by molar-refractivity contribution is 0.0372. The van der Waals surface area contributed by atoms with Gasteiger partial charge in [0.25, 0.3) is 0 Å². The van der Waals surface area contributed by atoms with Gasteiger partial charge in [-0.25, -0.2) is 0 Å². The van der Waals surface area contributed by atoms with E-state index in [2.05, 4.69) is 41.4 Å². The average molecular weight is 288 g/mol. The van der Waals surface area contributed by atoms with Crippen LogP contribution in [-0.4, -0.2) is 50.3 Å². The van der Waals surface area contributed by atoms with E-state index in [0.29, 0.717) is 0 Å². The molecule has 3 nitrogen and oxygen atoms in total. The molecule has 1 N–H and O–H groups in total. The van der Waals surface area contributed by atoms with Gasteiger partial charge in [-0.15, -0.1) is 0 Å². The Morgan fingerprint density at radius 2 is 1.86 bits per heavy atom. The second-order valence-electron chi connectivity index (χ2n) is 6.54. The minimum atomic E-state index is 0.737. The van der Waals surface area contributed by atoms with Gasteiger partial charge in [0.1, 0.15) is 0 Å². The number of morpholine rings is 1. The molecule has 1 saturated carbocycles. The molecule has 0 aromatic heterocycles. The molecule has 1 aromatic carbocycles. The first-order valence-electron chi connectivity index (χ1n) is 8.41. The van der Waals surface area contributed by atoms with Crippen LogP contribution in [0.5, 0.6) is 0 Å². The molecule has 0 spiro atoms. The van der Waals surface area contributed by atoms with Gasteiger partial charge < -0.3 is 10.1 Å². The molecule has 1 aliphatic carbocycles. The van der Waals surface area contributed by atoms with Crippen LogP contribution in [0, 0.1) is 6.92 Å². The summed E-state index contributed by atoms with van der Waals surface area (Å²) in [4.78, 5) is 2.51. The summed E-state index contributed by atoms with van der Waals surface area (Å²) in [5.74, 6) is 0.780. The van der Waals surface area contributed by atoms with Crippen molar-refractivity contribution >= 4 is 0 Å².